The van der Waals surface area contributed by atoms with Crippen molar-refractivity contribution < 1.29 is 5.11 Å². The number of anilines is 1. The minimum Gasteiger partial charge on any atom is -0.377 e. The number of aromatic amines is 1. The maximum absolute atomic E-state index is 10.4. The third-order valence-corrected chi connectivity index (χ3v) is 5.85. The molecule has 24 heavy (non-hydrogen) atoms. The van der Waals surface area contributed by atoms with E-state index in [9.17, 15) is 5.11 Å². The smallest absolute Gasteiger partial charge is 0.142 e. The number of hydrogen-bond donors (Lipinski definition) is 2. The second-order valence-corrected chi connectivity index (χ2v) is 6.80. The van der Waals surface area contributed by atoms with E-state index in [4.69, 9.17) is 5.26 Å². The van der Waals surface area contributed by atoms with Crippen LogP contribution in [-0.4, -0.2) is 55.9 Å². The van der Waals surface area contributed by atoms with E-state index in [1.54, 1.807) is 6.33 Å². The second kappa shape index (κ2) is 5.72. The summed E-state index contributed by atoms with van der Waals surface area (Å²) in [5, 5.41) is 20.4. The largest absolute Gasteiger partial charge is 0.377 e. The highest BCUT2D eigenvalue weighted by atomic mass is 16.3. The number of likely N-dealkylation sites (tertiary alicyclic amines) is 1. The Labute approximate surface area is 140 Å². The Hall–Kier alpha value is -2.17. The average Bonchev–Trinajstić information content (AvgIpc) is 3.29. The van der Waals surface area contributed by atoms with Gasteiger partial charge < -0.3 is 15.0 Å². The number of H-pyrrole nitrogens is 1. The molecule has 2 N–H and O–H groups in total. The maximum atomic E-state index is 10.4. The zero-order valence-corrected chi connectivity index (χ0v) is 13.8. The van der Waals surface area contributed by atoms with Crippen molar-refractivity contribution in [2.75, 3.05) is 18.0 Å². The Morgan fingerprint density at radius 1 is 1.46 bits per heavy atom. The van der Waals surface area contributed by atoms with Crippen LogP contribution in [0.25, 0.3) is 11.0 Å². The number of nitrogens with one attached hydrogen (secondary N) is 1. The Morgan fingerprint density at radius 2 is 2.33 bits per heavy atom. The second-order valence-electron chi connectivity index (χ2n) is 6.80. The molecule has 0 bridgehead atoms. The van der Waals surface area contributed by atoms with Crippen molar-refractivity contribution in [3.8, 4) is 6.07 Å². The minimum atomic E-state index is -0.683. The van der Waals surface area contributed by atoms with Gasteiger partial charge in [-0.2, -0.15) is 5.26 Å². The van der Waals surface area contributed by atoms with Crippen molar-refractivity contribution in [2.45, 2.75) is 50.4 Å². The van der Waals surface area contributed by atoms with Crippen LogP contribution in [-0.2, 0) is 0 Å². The third kappa shape index (κ3) is 2.10. The molecular formula is C17H22N6O. The topological polar surface area (TPSA) is 92.1 Å². The van der Waals surface area contributed by atoms with Crippen LogP contribution in [0.4, 0.5) is 5.82 Å². The molecular weight excluding hydrogens is 304 g/mol. The molecule has 4 heterocycles. The summed E-state index contributed by atoms with van der Waals surface area (Å²) in [5.74, 6) is 0.951. The van der Waals surface area contributed by atoms with Gasteiger partial charge in [0.05, 0.1) is 17.9 Å². The van der Waals surface area contributed by atoms with Crippen molar-refractivity contribution in [2.24, 2.45) is 0 Å². The van der Waals surface area contributed by atoms with E-state index in [1.165, 1.54) is 0 Å². The monoisotopic (exact) mass is 326 g/mol. The van der Waals surface area contributed by atoms with Gasteiger partial charge in [0.15, 0.2) is 0 Å². The number of aromatic nitrogens is 3. The van der Waals surface area contributed by atoms with Crippen LogP contribution in [0.1, 0.15) is 32.6 Å². The van der Waals surface area contributed by atoms with E-state index >= 15 is 0 Å². The normalized spacial score (nSPS) is 28.7. The first-order valence-corrected chi connectivity index (χ1v) is 8.54. The van der Waals surface area contributed by atoms with Crippen LogP contribution >= 0.6 is 0 Å². The first kappa shape index (κ1) is 15.4. The van der Waals surface area contributed by atoms with Gasteiger partial charge in [0.25, 0.3) is 0 Å². The molecule has 7 heteroatoms. The van der Waals surface area contributed by atoms with Crippen LogP contribution in [0.15, 0.2) is 18.6 Å². The van der Waals surface area contributed by atoms with Crippen molar-refractivity contribution in [3.05, 3.63) is 18.6 Å². The van der Waals surface area contributed by atoms with Crippen molar-refractivity contribution in [1.82, 2.24) is 19.9 Å². The quantitative estimate of drug-likeness (QED) is 0.890. The highest BCUT2D eigenvalue weighted by Gasteiger charge is 2.53. The maximum Gasteiger partial charge on any atom is 0.142 e. The number of rotatable bonds is 3. The highest BCUT2D eigenvalue weighted by Crippen LogP contribution is 2.45. The molecule has 126 valence electrons. The van der Waals surface area contributed by atoms with Gasteiger partial charge in [0, 0.05) is 30.9 Å². The van der Waals surface area contributed by atoms with Crippen LogP contribution in [0.2, 0.25) is 0 Å². The van der Waals surface area contributed by atoms with Gasteiger partial charge in [-0.05, 0) is 32.3 Å². The van der Waals surface area contributed by atoms with E-state index in [0.717, 1.165) is 49.2 Å². The Morgan fingerprint density at radius 3 is 3.17 bits per heavy atom. The first-order valence-electron chi connectivity index (χ1n) is 8.54. The van der Waals surface area contributed by atoms with Gasteiger partial charge in [-0.25, -0.2) is 9.97 Å². The predicted molar refractivity (Wildman–Crippen MR) is 90.2 cm³/mol. The van der Waals surface area contributed by atoms with E-state index in [1.807, 2.05) is 12.3 Å². The molecule has 2 aliphatic rings. The molecule has 2 fully saturated rings. The van der Waals surface area contributed by atoms with Crippen molar-refractivity contribution in [1.29, 1.82) is 5.26 Å². The van der Waals surface area contributed by atoms with Crippen LogP contribution < -0.4 is 4.90 Å². The van der Waals surface area contributed by atoms with Gasteiger partial charge in [0.1, 0.15) is 24.0 Å². The highest BCUT2D eigenvalue weighted by molar-refractivity contribution is 5.87. The summed E-state index contributed by atoms with van der Waals surface area (Å²) < 4.78 is 0. The molecule has 4 rings (SSSR count). The number of aliphatic hydroxyl groups is 1. The molecule has 3 unspecified atom stereocenters. The molecule has 2 saturated heterocycles. The molecule has 0 saturated carbocycles. The van der Waals surface area contributed by atoms with E-state index in [2.05, 4.69) is 37.7 Å². The Bertz CT molecular complexity index is 783. The lowest BCUT2D eigenvalue weighted by molar-refractivity contribution is -0.0440. The molecule has 2 aliphatic heterocycles. The summed E-state index contributed by atoms with van der Waals surface area (Å²) >= 11 is 0. The van der Waals surface area contributed by atoms with E-state index in [0.29, 0.717) is 0 Å². The molecule has 7 nitrogen and oxygen atoms in total. The molecule has 0 aliphatic carbocycles. The summed E-state index contributed by atoms with van der Waals surface area (Å²) in [6, 6.07) is 4.34. The average molecular weight is 326 g/mol. The predicted octanol–water partition coefficient (Wildman–Crippen LogP) is 1.62. The Kier molecular flexibility index (Phi) is 3.66. The standard InChI is InChI=1S/C17H22N6O/c1-12-17(5-2-9-23(17)14(24)3-7-18)6-10-22(12)16-13-4-8-19-15(13)20-11-21-16/h4,8,11-12,14,24H,2-3,5-6,9-10H2,1H3,(H,19,20,21). The molecule has 3 atom stereocenters. The van der Waals surface area contributed by atoms with Crippen LogP contribution in [0, 0.1) is 11.3 Å². The molecule has 0 amide bonds. The zero-order valence-electron chi connectivity index (χ0n) is 13.8. The summed E-state index contributed by atoms with van der Waals surface area (Å²) in [6.45, 7) is 3.96. The van der Waals surface area contributed by atoms with Crippen molar-refractivity contribution in [3.63, 3.8) is 0 Å². The van der Waals surface area contributed by atoms with Gasteiger partial charge >= 0.3 is 0 Å². The van der Waals surface area contributed by atoms with E-state index < -0.39 is 6.23 Å². The van der Waals surface area contributed by atoms with Crippen LogP contribution in [0.5, 0.6) is 0 Å². The number of aliphatic hydroxyl groups excluding tert-OH is 1. The van der Waals surface area contributed by atoms with Gasteiger partial charge in [-0.1, -0.05) is 0 Å². The van der Waals surface area contributed by atoms with Crippen LogP contribution in [0.3, 0.4) is 0 Å². The number of nitrogens with zero attached hydrogens (tertiary/aromatic N) is 5. The molecule has 0 aromatic carbocycles. The summed E-state index contributed by atoms with van der Waals surface area (Å²) in [6.07, 6.45) is 6.05. The van der Waals surface area contributed by atoms with Gasteiger partial charge in [-0.3, -0.25) is 4.90 Å². The fourth-order valence-electron chi connectivity index (χ4n) is 4.66. The number of fused-ring (bicyclic) bond motifs is 1. The zero-order chi connectivity index (χ0) is 16.7. The van der Waals surface area contributed by atoms with Crippen molar-refractivity contribution >= 4 is 16.9 Å². The first-order chi connectivity index (χ1) is 11.7. The summed E-state index contributed by atoms with van der Waals surface area (Å²) in [5.41, 5.74) is 0.769. The van der Waals surface area contributed by atoms with E-state index in [-0.39, 0.29) is 18.0 Å². The van der Waals surface area contributed by atoms with Gasteiger partial charge in [-0.15, -0.1) is 0 Å². The number of nitriles is 1. The lowest BCUT2D eigenvalue weighted by Gasteiger charge is -2.42. The minimum absolute atomic E-state index is 0.0795. The third-order valence-electron chi connectivity index (χ3n) is 5.85. The molecule has 1 spiro atoms. The molecule has 0 radical (unpaired) electrons. The lowest BCUT2D eigenvalue weighted by atomic mass is 9.88. The molecule has 2 aromatic heterocycles. The SMILES string of the molecule is CC1N(c2ncnc3[nH]ccc23)CCC12CCCN2C(O)CC#N. The number of hydrogen-bond acceptors (Lipinski definition) is 6. The summed E-state index contributed by atoms with van der Waals surface area (Å²) in [4.78, 5) is 16.4. The fourth-order valence-corrected chi connectivity index (χ4v) is 4.66. The van der Waals surface area contributed by atoms with Gasteiger partial charge in [0.2, 0.25) is 0 Å². The molecule has 2 aromatic rings. The Balaban J connectivity index is 1.68. The lowest BCUT2D eigenvalue weighted by Crippen LogP contribution is -2.55. The summed E-state index contributed by atoms with van der Waals surface area (Å²) in [7, 11) is 0. The fraction of sp³-hybridized carbons (Fsp3) is 0.588.